The van der Waals surface area contributed by atoms with Crippen LogP contribution in [-0.4, -0.2) is 27.5 Å². The Bertz CT molecular complexity index is 1990. The van der Waals surface area contributed by atoms with Crippen molar-refractivity contribution in [1.29, 1.82) is 0 Å². The number of amides is 2. The third kappa shape index (κ3) is 6.59. The van der Waals surface area contributed by atoms with Crippen LogP contribution in [0.3, 0.4) is 0 Å². The second kappa shape index (κ2) is 13.1. The number of nitrogens with one attached hydrogen (secondary N) is 2. The summed E-state index contributed by atoms with van der Waals surface area (Å²) >= 11 is 1.46. The van der Waals surface area contributed by atoms with Gasteiger partial charge in [-0.1, -0.05) is 84.4 Å². The maximum atomic E-state index is 13.7. The minimum atomic E-state index is -0.449. The largest absolute Gasteiger partial charge is 0.321 e. The van der Waals surface area contributed by atoms with E-state index in [0.717, 1.165) is 37.8 Å². The maximum Gasteiger partial charge on any atom is 0.272 e. The first-order chi connectivity index (χ1) is 21.9. The Morgan fingerprint density at radius 1 is 0.711 bits per heavy atom. The Balaban J connectivity index is 1.18. The van der Waals surface area contributed by atoms with Gasteiger partial charge in [0, 0.05) is 26.9 Å². The Kier molecular flexibility index (Phi) is 8.62. The number of hydrogen-bond acceptors (Lipinski definition) is 4. The molecule has 0 radical (unpaired) electrons. The predicted molar refractivity (Wildman–Crippen MR) is 184 cm³/mol. The van der Waals surface area contributed by atoms with E-state index in [-0.39, 0.29) is 22.8 Å². The van der Waals surface area contributed by atoms with Crippen molar-refractivity contribution in [3.05, 3.63) is 150 Å². The van der Waals surface area contributed by atoms with Gasteiger partial charge < -0.3 is 10.6 Å². The molecule has 5 aromatic carbocycles. The van der Waals surface area contributed by atoms with Crippen LogP contribution in [0.5, 0.6) is 0 Å². The molecule has 0 aliphatic carbocycles. The molecule has 1 atom stereocenters. The lowest BCUT2D eigenvalue weighted by atomic mass is 10.1. The molecule has 222 valence electrons. The Labute approximate surface area is 265 Å². The van der Waals surface area contributed by atoms with E-state index in [0.29, 0.717) is 11.3 Å². The molecule has 6 rings (SSSR count). The minimum absolute atomic E-state index is 0.00479. The van der Waals surface area contributed by atoms with Gasteiger partial charge in [0.2, 0.25) is 5.91 Å². The number of hydrogen-bond donors (Lipinski definition) is 2. The molecule has 1 unspecified atom stereocenters. The molecule has 0 saturated heterocycles. The number of anilines is 1. The van der Waals surface area contributed by atoms with Crippen molar-refractivity contribution in [2.45, 2.75) is 24.0 Å². The van der Waals surface area contributed by atoms with Gasteiger partial charge >= 0.3 is 0 Å². The van der Waals surface area contributed by atoms with Gasteiger partial charge in [0.25, 0.3) is 11.8 Å². The Morgan fingerprint density at radius 2 is 1.29 bits per heavy atom. The van der Waals surface area contributed by atoms with Gasteiger partial charge in [-0.2, -0.15) is 0 Å². The number of nitrogens with zero attached hydrogens (tertiary/aromatic N) is 1. The van der Waals surface area contributed by atoms with E-state index in [1.807, 2.05) is 109 Å². The van der Waals surface area contributed by atoms with Crippen molar-refractivity contribution in [3.8, 4) is 0 Å². The van der Waals surface area contributed by atoms with Crippen LogP contribution in [0.1, 0.15) is 33.2 Å². The number of para-hydroxylation sites is 2. The quantitative estimate of drug-likeness (QED) is 0.134. The van der Waals surface area contributed by atoms with Crippen molar-refractivity contribution in [2.75, 3.05) is 5.32 Å². The monoisotopic (exact) mass is 609 g/mol. The van der Waals surface area contributed by atoms with Crippen LogP contribution in [-0.2, 0) is 4.79 Å². The third-order valence-corrected chi connectivity index (χ3v) is 8.59. The number of carbonyl (C=O) groups excluding carboxylic acids is 3. The maximum absolute atomic E-state index is 13.7. The molecule has 1 heterocycles. The number of aromatic nitrogens is 1. The Morgan fingerprint density at radius 3 is 1.91 bits per heavy atom. The van der Waals surface area contributed by atoms with E-state index in [2.05, 4.69) is 10.6 Å². The van der Waals surface area contributed by atoms with Gasteiger partial charge in [-0.3, -0.25) is 19.0 Å². The summed E-state index contributed by atoms with van der Waals surface area (Å²) in [5.41, 5.74) is 4.80. The summed E-state index contributed by atoms with van der Waals surface area (Å²) < 4.78 is 1.81. The zero-order valence-corrected chi connectivity index (χ0v) is 25.7. The molecule has 45 heavy (non-hydrogen) atoms. The smallest absolute Gasteiger partial charge is 0.272 e. The fourth-order valence-electron chi connectivity index (χ4n) is 5.18. The molecule has 0 saturated carbocycles. The molecule has 2 N–H and O–H groups in total. The van der Waals surface area contributed by atoms with E-state index in [9.17, 15) is 14.4 Å². The van der Waals surface area contributed by atoms with E-state index in [4.69, 9.17) is 0 Å². The lowest BCUT2D eigenvalue weighted by Crippen LogP contribution is -2.30. The lowest BCUT2D eigenvalue weighted by molar-refractivity contribution is -0.113. The fraction of sp³-hybridized carbons (Fsp3) is 0.0789. The van der Waals surface area contributed by atoms with Crippen LogP contribution >= 0.6 is 11.8 Å². The van der Waals surface area contributed by atoms with Crippen molar-refractivity contribution in [1.82, 2.24) is 9.88 Å². The summed E-state index contributed by atoms with van der Waals surface area (Å²) in [7, 11) is 0. The zero-order chi connectivity index (χ0) is 31.3. The highest BCUT2D eigenvalue weighted by Crippen LogP contribution is 2.32. The highest BCUT2D eigenvalue weighted by atomic mass is 32.2. The predicted octanol–water partition coefficient (Wildman–Crippen LogP) is 8.33. The molecule has 0 aliphatic rings. The standard InChI is InChI=1S/C38H31N3O3S/c1-25-16-18-27(19-17-25)24-33(40-36(42)28-10-4-3-5-11-28)37(43)39-29-20-22-30(23-21-29)45-26(2)38(44)41-34-14-8-6-12-31(34)32-13-7-9-15-35(32)41/h3-24,26H,1-2H3,(H,39,43)(H,40,42)/b33-24-. The molecule has 6 nitrogen and oxygen atoms in total. The summed E-state index contributed by atoms with van der Waals surface area (Å²) in [6.07, 6.45) is 1.65. The van der Waals surface area contributed by atoms with E-state index in [1.165, 1.54) is 11.8 Å². The van der Waals surface area contributed by atoms with Crippen molar-refractivity contribution < 1.29 is 14.4 Å². The first-order valence-electron chi connectivity index (χ1n) is 14.6. The minimum Gasteiger partial charge on any atom is -0.321 e. The number of thioether (sulfide) groups is 1. The molecule has 1 aromatic heterocycles. The number of aryl methyl sites for hydroxylation is 1. The van der Waals surface area contributed by atoms with E-state index < -0.39 is 5.91 Å². The van der Waals surface area contributed by atoms with Crippen molar-refractivity contribution >= 4 is 63.1 Å². The SMILES string of the molecule is Cc1ccc(/C=C(\NC(=O)c2ccccc2)C(=O)Nc2ccc(SC(C)C(=O)n3c4ccccc4c4ccccc43)cc2)cc1. The number of fused-ring (bicyclic) bond motifs is 3. The molecule has 6 aromatic rings. The van der Waals surface area contributed by atoms with Gasteiger partial charge in [0.1, 0.15) is 5.70 Å². The normalized spacial score (nSPS) is 12.2. The van der Waals surface area contributed by atoms with Gasteiger partial charge in [-0.05, 0) is 74.0 Å². The summed E-state index contributed by atoms with van der Waals surface area (Å²) in [5.74, 6) is -0.831. The second-order valence-electron chi connectivity index (χ2n) is 10.7. The summed E-state index contributed by atoms with van der Waals surface area (Å²) in [6.45, 7) is 3.89. The molecular formula is C38H31N3O3S. The van der Waals surface area contributed by atoms with Crippen LogP contribution in [0.4, 0.5) is 5.69 Å². The fourth-order valence-corrected chi connectivity index (χ4v) is 6.09. The summed E-state index contributed by atoms with van der Waals surface area (Å²) in [4.78, 5) is 40.9. The zero-order valence-electron chi connectivity index (χ0n) is 24.9. The van der Waals surface area contributed by atoms with Gasteiger partial charge in [-0.15, -0.1) is 11.8 Å². The van der Waals surface area contributed by atoms with Crippen molar-refractivity contribution in [3.63, 3.8) is 0 Å². The molecule has 7 heteroatoms. The van der Waals surface area contributed by atoms with Gasteiger partial charge in [0.15, 0.2) is 0 Å². The van der Waals surface area contributed by atoms with Crippen LogP contribution in [0, 0.1) is 6.92 Å². The topological polar surface area (TPSA) is 80.2 Å². The molecule has 0 spiro atoms. The molecule has 0 aliphatic heterocycles. The lowest BCUT2D eigenvalue weighted by Gasteiger charge is -2.14. The average molecular weight is 610 g/mol. The number of carbonyl (C=O) groups is 3. The average Bonchev–Trinajstić information content (AvgIpc) is 3.40. The van der Waals surface area contributed by atoms with Gasteiger partial charge in [0.05, 0.1) is 16.3 Å². The third-order valence-electron chi connectivity index (χ3n) is 7.49. The van der Waals surface area contributed by atoms with Crippen molar-refractivity contribution in [2.24, 2.45) is 0 Å². The highest BCUT2D eigenvalue weighted by molar-refractivity contribution is 8.00. The van der Waals surface area contributed by atoms with E-state index in [1.54, 1.807) is 42.5 Å². The molecule has 2 amide bonds. The first-order valence-corrected chi connectivity index (χ1v) is 15.5. The van der Waals surface area contributed by atoms with Crippen LogP contribution < -0.4 is 10.6 Å². The number of benzene rings is 5. The highest BCUT2D eigenvalue weighted by Gasteiger charge is 2.22. The van der Waals surface area contributed by atoms with E-state index >= 15 is 0 Å². The van der Waals surface area contributed by atoms with Gasteiger partial charge in [-0.25, -0.2) is 0 Å². The summed E-state index contributed by atoms with van der Waals surface area (Å²) in [6, 6.07) is 39.7. The van der Waals surface area contributed by atoms with Crippen LogP contribution in [0.15, 0.2) is 138 Å². The first kappa shape index (κ1) is 29.7. The molecule has 0 fully saturated rings. The second-order valence-corrected chi connectivity index (χ2v) is 12.1. The summed E-state index contributed by atoms with van der Waals surface area (Å²) in [5, 5.41) is 7.41. The van der Waals surface area contributed by atoms with Crippen LogP contribution in [0.25, 0.3) is 27.9 Å². The number of rotatable bonds is 8. The molecule has 0 bridgehead atoms. The Hall–Kier alpha value is -5.40. The van der Waals surface area contributed by atoms with Crippen LogP contribution in [0.2, 0.25) is 0 Å². The molecular weight excluding hydrogens is 579 g/mol.